The Balaban J connectivity index is 1.41. The van der Waals surface area contributed by atoms with Crippen LogP contribution in [0.4, 0.5) is 10.1 Å². The number of ether oxygens (including phenoxy) is 2. The number of nitrogens with zero attached hydrogens (tertiary/aromatic N) is 2. The third-order valence-electron chi connectivity index (χ3n) is 5.72. The molecule has 3 rings (SSSR count). The van der Waals surface area contributed by atoms with Crippen molar-refractivity contribution in [1.29, 1.82) is 0 Å². The number of guanidine groups is 1. The van der Waals surface area contributed by atoms with Crippen LogP contribution in [-0.4, -0.2) is 69.8 Å². The molecule has 2 aliphatic heterocycles. The van der Waals surface area contributed by atoms with E-state index in [1.165, 1.54) is 0 Å². The SMILES string of the molecule is CCNC(=NCc1ccc(N2CCC(O)CC2)c(F)c1)NCCCOCC1CCOC1. The van der Waals surface area contributed by atoms with E-state index in [1.807, 2.05) is 24.0 Å². The van der Waals surface area contributed by atoms with Crippen LogP contribution in [0, 0.1) is 11.7 Å². The quantitative estimate of drug-likeness (QED) is 0.297. The minimum Gasteiger partial charge on any atom is -0.393 e. The molecule has 1 unspecified atom stereocenters. The highest BCUT2D eigenvalue weighted by molar-refractivity contribution is 5.79. The number of hydrogen-bond donors (Lipinski definition) is 3. The second kappa shape index (κ2) is 12.8. The molecule has 0 bridgehead atoms. The predicted molar refractivity (Wildman–Crippen MR) is 121 cm³/mol. The molecule has 0 spiro atoms. The van der Waals surface area contributed by atoms with Gasteiger partial charge in [-0.25, -0.2) is 9.38 Å². The van der Waals surface area contributed by atoms with E-state index in [4.69, 9.17) is 9.47 Å². The average Bonchev–Trinajstić information content (AvgIpc) is 3.29. The summed E-state index contributed by atoms with van der Waals surface area (Å²) in [5.74, 6) is 1.04. The van der Waals surface area contributed by atoms with Crippen molar-refractivity contribution in [2.24, 2.45) is 10.9 Å². The highest BCUT2D eigenvalue weighted by Crippen LogP contribution is 2.24. The number of aliphatic imine (C=N–C) groups is 1. The summed E-state index contributed by atoms with van der Waals surface area (Å²) in [5.41, 5.74) is 1.44. The zero-order chi connectivity index (χ0) is 21.9. The molecule has 0 amide bonds. The Hall–Kier alpha value is -1.90. The number of piperidine rings is 1. The molecule has 7 nitrogen and oxygen atoms in total. The monoisotopic (exact) mass is 436 g/mol. The summed E-state index contributed by atoms with van der Waals surface area (Å²) in [6, 6.07) is 5.32. The second-order valence-corrected chi connectivity index (χ2v) is 8.28. The van der Waals surface area contributed by atoms with Gasteiger partial charge < -0.3 is 30.1 Å². The van der Waals surface area contributed by atoms with E-state index in [0.717, 1.165) is 57.3 Å². The Bertz CT molecular complexity index is 689. The standard InChI is InChI=1S/C23H37FN4O3/c1-2-25-23(26-9-3-12-30-16-19-8-13-31-17-19)27-15-18-4-5-22(21(24)14-18)28-10-6-20(29)7-11-28/h4-5,14,19-20,29H,2-3,6-13,15-17H2,1H3,(H2,25,26,27). The van der Waals surface area contributed by atoms with Gasteiger partial charge in [-0.05, 0) is 50.3 Å². The zero-order valence-corrected chi connectivity index (χ0v) is 18.6. The van der Waals surface area contributed by atoms with E-state index in [-0.39, 0.29) is 11.9 Å². The van der Waals surface area contributed by atoms with Crippen LogP contribution in [-0.2, 0) is 16.0 Å². The zero-order valence-electron chi connectivity index (χ0n) is 18.6. The molecule has 2 fully saturated rings. The summed E-state index contributed by atoms with van der Waals surface area (Å²) in [7, 11) is 0. The van der Waals surface area contributed by atoms with E-state index >= 15 is 0 Å². The van der Waals surface area contributed by atoms with Crippen molar-refractivity contribution in [3.8, 4) is 0 Å². The second-order valence-electron chi connectivity index (χ2n) is 8.28. The Morgan fingerprint density at radius 1 is 1.29 bits per heavy atom. The summed E-state index contributed by atoms with van der Waals surface area (Å²) in [5, 5.41) is 16.2. The molecule has 174 valence electrons. The van der Waals surface area contributed by atoms with Crippen LogP contribution in [0.3, 0.4) is 0 Å². The molecule has 0 aliphatic carbocycles. The molecular weight excluding hydrogens is 399 g/mol. The molecule has 8 heteroatoms. The van der Waals surface area contributed by atoms with Gasteiger partial charge in [0.2, 0.25) is 0 Å². The Morgan fingerprint density at radius 2 is 2.13 bits per heavy atom. The largest absolute Gasteiger partial charge is 0.393 e. The van der Waals surface area contributed by atoms with Crippen LogP contribution in [0.5, 0.6) is 0 Å². The van der Waals surface area contributed by atoms with Crippen molar-refractivity contribution in [2.75, 3.05) is 57.5 Å². The maximum absolute atomic E-state index is 14.6. The van der Waals surface area contributed by atoms with Crippen molar-refractivity contribution >= 4 is 11.6 Å². The van der Waals surface area contributed by atoms with Gasteiger partial charge in [-0.2, -0.15) is 0 Å². The van der Waals surface area contributed by atoms with Gasteiger partial charge in [-0.3, -0.25) is 0 Å². The minimum absolute atomic E-state index is 0.230. The van der Waals surface area contributed by atoms with Gasteiger partial charge in [-0.15, -0.1) is 0 Å². The van der Waals surface area contributed by atoms with E-state index in [2.05, 4.69) is 15.6 Å². The summed E-state index contributed by atoms with van der Waals surface area (Å²) >= 11 is 0. The topological polar surface area (TPSA) is 78.4 Å². The van der Waals surface area contributed by atoms with Gasteiger partial charge in [-0.1, -0.05) is 6.07 Å². The number of aliphatic hydroxyl groups is 1. The van der Waals surface area contributed by atoms with Crippen LogP contribution in [0.25, 0.3) is 0 Å². The first-order valence-electron chi connectivity index (χ1n) is 11.5. The molecule has 3 N–H and O–H groups in total. The normalized spacial score (nSPS) is 20.3. The summed E-state index contributed by atoms with van der Waals surface area (Å²) in [6.45, 7) is 8.48. The molecule has 1 aromatic carbocycles. The molecule has 0 radical (unpaired) electrons. The highest BCUT2D eigenvalue weighted by atomic mass is 19.1. The number of rotatable bonds is 10. The fourth-order valence-corrected chi connectivity index (χ4v) is 3.87. The van der Waals surface area contributed by atoms with Gasteiger partial charge in [0.15, 0.2) is 5.96 Å². The molecular formula is C23H37FN4O3. The van der Waals surface area contributed by atoms with Gasteiger partial charge in [0, 0.05) is 45.3 Å². The molecule has 31 heavy (non-hydrogen) atoms. The van der Waals surface area contributed by atoms with Crippen LogP contribution in [0.15, 0.2) is 23.2 Å². The lowest BCUT2D eigenvalue weighted by Gasteiger charge is -2.31. The number of nitrogens with one attached hydrogen (secondary N) is 2. The van der Waals surface area contributed by atoms with Crippen LogP contribution in [0.2, 0.25) is 0 Å². The first-order valence-corrected chi connectivity index (χ1v) is 11.5. The first-order chi connectivity index (χ1) is 15.2. The summed E-state index contributed by atoms with van der Waals surface area (Å²) in [4.78, 5) is 6.58. The van der Waals surface area contributed by atoms with Crippen molar-refractivity contribution in [2.45, 2.75) is 45.3 Å². The lowest BCUT2D eigenvalue weighted by molar-refractivity contribution is 0.0888. The molecule has 2 saturated heterocycles. The molecule has 2 heterocycles. The van der Waals surface area contributed by atoms with Crippen molar-refractivity contribution < 1.29 is 19.0 Å². The summed E-state index contributed by atoms with van der Waals surface area (Å²) in [6.07, 6.45) is 3.09. The Labute approximate surface area is 185 Å². The number of anilines is 1. The number of halogens is 1. The van der Waals surface area contributed by atoms with E-state index in [0.29, 0.717) is 50.7 Å². The Kier molecular flexibility index (Phi) is 9.84. The van der Waals surface area contributed by atoms with Crippen LogP contribution >= 0.6 is 0 Å². The van der Waals surface area contributed by atoms with E-state index in [9.17, 15) is 9.50 Å². The van der Waals surface area contributed by atoms with Crippen molar-refractivity contribution in [3.63, 3.8) is 0 Å². The van der Waals surface area contributed by atoms with Crippen molar-refractivity contribution in [1.82, 2.24) is 10.6 Å². The van der Waals surface area contributed by atoms with Crippen molar-refractivity contribution in [3.05, 3.63) is 29.6 Å². The van der Waals surface area contributed by atoms with Crippen LogP contribution < -0.4 is 15.5 Å². The smallest absolute Gasteiger partial charge is 0.191 e. The number of aliphatic hydroxyl groups excluding tert-OH is 1. The average molecular weight is 437 g/mol. The fraction of sp³-hybridized carbons (Fsp3) is 0.696. The highest BCUT2D eigenvalue weighted by Gasteiger charge is 2.19. The molecule has 0 saturated carbocycles. The minimum atomic E-state index is -0.265. The lowest BCUT2D eigenvalue weighted by Crippen LogP contribution is -2.38. The Morgan fingerprint density at radius 3 is 2.84 bits per heavy atom. The maximum atomic E-state index is 14.6. The number of hydrogen-bond acceptors (Lipinski definition) is 5. The van der Waals surface area contributed by atoms with Gasteiger partial charge in [0.1, 0.15) is 5.82 Å². The molecule has 1 atom stereocenters. The van der Waals surface area contributed by atoms with E-state index in [1.54, 1.807) is 6.07 Å². The summed E-state index contributed by atoms with van der Waals surface area (Å²) < 4.78 is 25.7. The fourth-order valence-electron chi connectivity index (χ4n) is 3.87. The van der Waals surface area contributed by atoms with E-state index < -0.39 is 0 Å². The van der Waals surface area contributed by atoms with Gasteiger partial charge in [0.25, 0.3) is 0 Å². The van der Waals surface area contributed by atoms with Crippen LogP contribution in [0.1, 0.15) is 38.2 Å². The molecule has 1 aromatic rings. The third kappa shape index (κ3) is 7.94. The molecule has 0 aromatic heterocycles. The van der Waals surface area contributed by atoms with Gasteiger partial charge in [0.05, 0.1) is 31.5 Å². The van der Waals surface area contributed by atoms with Gasteiger partial charge >= 0.3 is 0 Å². The first kappa shape index (κ1) is 23.8. The third-order valence-corrected chi connectivity index (χ3v) is 5.72. The molecule has 2 aliphatic rings. The lowest BCUT2D eigenvalue weighted by atomic mass is 10.1. The number of benzene rings is 1. The maximum Gasteiger partial charge on any atom is 0.191 e. The predicted octanol–water partition coefficient (Wildman–Crippen LogP) is 2.29.